The van der Waals surface area contributed by atoms with Crippen molar-refractivity contribution in [3.05, 3.63) is 82.8 Å². The fourth-order valence-corrected chi connectivity index (χ4v) is 4.09. The Labute approximate surface area is 177 Å². The topological polar surface area (TPSA) is 43.9 Å². The van der Waals surface area contributed by atoms with Crippen LogP contribution in [0.4, 0.5) is 17.6 Å². The van der Waals surface area contributed by atoms with Gasteiger partial charge >= 0.3 is 6.18 Å². The average molecular weight is 454 g/mol. The van der Waals surface area contributed by atoms with E-state index in [1.807, 2.05) is 0 Å². The van der Waals surface area contributed by atoms with Crippen LogP contribution in [0.2, 0.25) is 5.02 Å². The van der Waals surface area contributed by atoms with Crippen molar-refractivity contribution in [2.75, 3.05) is 0 Å². The van der Waals surface area contributed by atoms with E-state index in [-0.39, 0.29) is 33.0 Å². The van der Waals surface area contributed by atoms with E-state index in [1.54, 1.807) is 18.2 Å². The number of halogens is 5. The number of rotatable bonds is 5. The zero-order valence-electron chi connectivity index (χ0n) is 15.0. The molecule has 0 amide bonds. The normalized spacial score (nSPS) is 11.8. The predicted octanol–water partition coefficient (Wildman–Crippen LogP) is 6.63. The third kappa shape index (κ3) is 4.08. The zero-order valence-corrected chi connectivity index (χ0v) is 16.6. The van der Waals surface area contributed by atoms with Crippen LogP contribution < -0.4 is 0 Å². The smallest absolute Gasteiger partial charge is 0.416 e. The van der Waals surface area contributed by atoms with Gasteiger partial charge in [0, 0.05) is 16.3 Å². The third-order valence-corrected chi connectivity index (χ3v) is 5.52. The summed E-state index contributed by atoms with van der Waals surface area (Å²) in [4.78, 5) is 0. The predicted molar refractivity (Wildman–Crippen MR) is 105 cm³/mol. The molecular weight excluding hydrogens is 442 g/mol. The van der Waals surface area contributed by atoms with Crippen LogP contribution in [0.5, 0.6) is 0 Å². The molecule has 154 valence electrons. The zero-order chi connectivity index (χ0) is 21.3. The first-order chi connectivity index (χ1) is 14.3. The number of benzene rings is 2. The maximum atomic E-state index is 14.1. The first-order valence-electron chi connectivity index (χ1n) is 8.57. The molecule has 0 saturated carbocycles. The molecule has 4 rings (SSSR count). The Morgan fingerprint density at radius 3 is 2.53 bits per heavy atom. The Balaban J connectivity index is 1.77. The Bertz CT molecular complexity index is 1160. The quantitative estimate of drug-likeness (QED) is 0.251. The van der Waals surface area contributed by atoms with E-state index < -0.39 is 17.6 Å². The van der Waals surface area contributed by atoms with E-state index >= 15 is 0 Å². The van der Waals surface area contributed by atoms with E-state index in [1.165, 1.54) is 35.1 Å². The molecule has 4 nitrogen and oxygen atoms in total. The van der Waals surface area contributed by atoms with Gasteiger partial charge in [-0.3, -0.25) is 4.57 Å². The lowest BCUT2D eigenvalue weighted by Gasteiger charge is -2.12. The summed E-state index contributed by atoms with van der Waals surface area (Å²) >= 11 is 7.17. The number of alkyl halides is 3. The molecule has 0 unspecified atom stereocenters. The highest BCUT2D eigenvalue weighted by Gasteiger charge is 2.31. The molecule has 0 spiro atoms. The molecule has 0 aliphatic carbocycles. The van der Waals surface area contributed by atoms with Crippen LogP contribution in [-0.4, -0.2) is 14.8 Å². The van der Waals surface area contributed by atoms with Crippen LogP contribution in [0.25, 0.3) is 17.3 Å². The van der Waals surface area contributed by atoms with E-state index in [0.717, 1.165) is 23.9 Å². The lowest BCUT2D eigenvalue weighted by molar-refractivity contribution is -0.137. The van der Waals surface area contributed by atoms with Crippen molar-refractivity contribution in [1.29, 1.82) is 0 Å². The molecule has 2 heterocycles. The third-order valence-electron chi connectivity index (χ3n) is 4.21. The Kier molecular flexibility index (Phi) is 5.57. The summed E-state index contributed by atoms with van der Waals surface area (Å²) in [6.45, 7) is 0. The average Bonchev–Trinajstić information content (AvgIpc) is 3.36. The molecule has 10 heteroatoms. The molecule has 0 N–H and O–H groups in total. The van der Waals surface area contributed by atoms with Gasteiger partial charge in [0.25, 0.3) is 0 Å². The number of hydrogen-bond donors (Lipinski definition) is 0. The minimum atomic E-state index is -4.51. The minimum Gasteiger partial charge on any atom is -0.461 e. The van der Waals surface area contributed by atoms with E-state index in [2.05, 4.69) is 10.2 Å². The van der Waals surface area contributed by atoms with Crippen molar-refractivity contribution in [3.8, 4) is 17.3 Å². The van der Waals surface area contributed by atoms with Crippen molar-refractivity contribution in [2.24, 2.45) is 0 Å². The van der Waals surface area contributed by atoms with E-state index in [9.17, 15) is 17.6 Å². The van der Waals surface area contributed by atoms with Gasteiger partial charge in [-0.25, -0.2) is 4.39 Å². The summed E-state index contributed by atoms with van der Waals surface area (Å²) in [5, 5.41) is 8.67. The van der Waals surface area contributed by atoms with Crippen LogP contribution in [0, 0.1) is 5.82 Å². The molecule has 30 heavy (non-hydrogen) atoms. The molecule has 0 fully saturated rings. The second kappa shape index (κ2) is 8.16. The Morgan fingerprint density at radius 2 is 1.83 bits per heavy atom. The maximum absolute atomic E-state index is 14.1. The molecule has 0 saturated heterocycles. The highest BCUT2D eigenvalue weighted by Crippen LogP contribution is 2.35. The Morgan fingerprint density at radius 1 is 1.03 bits per heavy atom. The molecule has 0 radical (unpaired) electrons. The van der Waals surface area contributed by atoms with Crippen molar-refractivity contribution >= 4 is 23.4 Å². The molecule has 0 aliphatic rings. The Hall–Kier alpha value is -2.78. The second-order valence-corrected chi connectivity index (χ2v) is 7.51. The van der Waals surface area contributed by atoms with Gasteiger partial charge < -0.3 is 4.42 Å². The summed E-state index contributed by atoms with van der Waals surface area (Å²) in [7, 11) is 0. The number of furan rings is 1. The number of hydrogen-bond acceptors (Lipinski definition) is 4. The number of nitrogens with zero attached hydrogens (tertiary/aromatic N) is 3. The molecule has 4 aromatic rings. The molecule has 0 bridgehead atoms. The maximum Gasteiger partial charge on any atom is 0.416 e. The van der Waals surface area contributed by atoms with E-state index in [4.69, 9.17) is 16.0 Å². The largest absolute Gasteiger partial charge is 0.461 e. The van der Waals surface area contributed by atoms with Crippen molar-refractivity contribution in [2.45, 2.75) is 17.1 Å². The molecule has 0 aliphatic heterocycles. The lowest BCUT2D eigenvalue weighted by Crippen LogP contribution is -2.07. The van der Waals surface area contributed by atoms with Gasteiger partial charge in [-0.05, 0) is 42.5 Å². The second-order valence-electron chi connectivity index (χ2n) is 6.16. The van der Waals surface area contributed by atoms with Gasteiger partial charge in [-0.2, -0.15) is 13.2 Å². The van der Waals surface area contributed by atoms with Crippen molar-refractivity contribution in [3.63, 3.8) is 0 Å². The van der Waals surface area contributed by atoms with Gasteiger partial charge in [0.15, 0.2) is 10.9 Å². The van der Waals surface area contributed by atoms with Crippen molar-refractivity contribution < 1.29 is 22.0 Å². The van der Waals surface area contributed by atoms with Crippen LogP contribution in [-0.2, 0) is 11.9 Å². The highest BCUT2D eigenvalue weighted by molar-refractivity contribution is 7.98. The van der Waals surface area contributed by atoms with Crippen LogP contribution in [0.1, 0.15) is 11.1 Å². The van der Waals surface area contributed by atoms with E-state index in [0.29, 0.717) is 5.76 Å². The summed E-state index contributed by atoms with van der Waals surface area (Å²) < 4.78 is 60.6. The van der Waals surface area contributed by atoms with Gasteiger partial charge in [0.2, 0.25) is 5.82 Å². The van der Waals surface area contributed by atoms with Gasteiger partial charge in [-0.15, -0.1) is 10.2 Å². The first-order valence-corrected chi connectivity index (χ1v) is 9.93. The van der Waals surface area contributed by atoms with Gasteiger partial charge in [-0.1, -0.05) is 35.5 Å². The standard InChI is InChI=1S/C20H12ClF4N3OS/c21-15-6-2-7-16(22)14(15)11-30-19-27-26-18(17-8-3-9-29-17)28(19)13-5-1-4-12(10-13)20(23,24)25/h1-10H,11H2. The van der Waals surface area contributed by atoms with Crippen LogP contribution >= 0.6 is 23.4 Å². The molecule has 2 aromatic carbocycles. The fraction of sp³-hybridized carbons (Fsp3) is 0.100. The number of thioether (sulfide) groups is 1. The lowest BCUT2D eigenvalue weighted by atomic mass is 10.2. The van der Waals surface area contributed by atoms with Crippen LogP contribution in [0.3, 0.4) is 0 Å². The summed E-state index contributed by atoms with van der Waals surface area (Å²) in [5.41, 5.74) is -0.349. The SMILES string of the molecule is Fc1cccc(Cl)c1CSc1nnc(-c2ccco2)n1-c1cccc(C(F)(F)F)c1. The van der Waals surface area contributed by atoms with Gasteiger partial charge in [0.1, 0.15) is 5.82 Å². The number of aromatic nitrogens is 3. The fourth-order valence-electron chi connectivity index (χ4n) is 2.79. The summed E-state index contributed by atoms with van der Waals surface area (Å²) in [5.74, 6) is 0.185. The summed E-state index contributed by atoms with van der Waals surface area (Å²) in [6, 6.07) is 12.4. The highest BCUT2D eigenvalue weighted by atomic mass is 35.5. The minimum absolute atomic E-state index is 0.112. The monoisotopic (exact) mass is 453 g/mol. The molecule has 2 aromatic heterocycles. The molecule has 0 atom stereocenters. The molecular formula is C20H12ClF4N3OS. The van der Waals surface area contributed by atoms with Crippen molar-refractivity contribution in [1.82, 2.24) is 14.8 Å². The van der Waals surface area contributed by atoms with Crippen LogP contribution in [0.15, 0.2) is 70.4 Å². The first kappa shape index (κ1) is 20.5. The van der Waals surface area contributed by atoms with Gasteiger partial charge in [0.05, 0.1) is 17.5 Å². The summed E-state index contributed by atoms with van der Waals surface area (Å²) in [6.07, 6.45) is -3.09.